The molecular formula is C46H73N13O11S2. The van der Waals surface area contributed by atoms with Crippen molar-refractivity contribution in [3.05, 3.63) is 35.9 Å². The lowest BCUT2D eigenvalue weighted by Crippen LogP contribution is -2.61. The Bertz CT molecular complexity index is 2070. The van der Waals surface area contributed by atoms with Crippen LogP contribution in [0.3, 0.4) is 0 Å². The number of carbonyl (C=O) groups excluding carboxylic acids is 11. The zero-order chi connectivity index (χ0) is 53.5. The van der Waals surface area contributed by atoms with Gasteiger partial charge in [-0.2, -0.15) is 0 Å². The first kappa shape index (κ1) is 60.3. The number of primary amides is 2. The molecular weight excluding hydrogens is 975 g/mol. The van der Waals surface area contributed by atoms with E-state index in [-0.39, 0.29) is 62.6 Å². The first-order chi connectivity index (χ1) is 34.1. The molecule has 24 nitrogen and oxygen atoms in total. The molecule has 2 aliphatic heterocycles. The second-order valence-electron chi connectivity index (χ2n) is 18.3. The number of carbonyl (C=O) groups is 11. The molecule has 0 saturated carbocycles. The number of hydrogen-bond donors (Lipinski definition) is 12. The summed E-state index contributed by atoms with van der Waals surface area (Å²) in [7, 11) is 2.10. The van der Waals surface area contributed by atoms with Crippen LogP contribution in [0.15, 0.2) is 30.3 Å². The zero-order valence-corrected chi connectivity index (χ0v) is 43.0. The van der Waals surface area contributed by atoms with Crippen LogP contribution in [0.4, 0.5) is 0 Å². The smallest absolute Gasteiger partial charge is 0.246 e. The maximum absolute atomic E-state index is 14.6. The minimum atomic E-state index is -1.73. The van der Waals surface area contributed by atoms with E-state index in [0.717, 1.165) is 21.6 Å². The Morgan fingerprint density at radius 3 is 2.07 bits per heavy atom. The van der Waals surface area contributed by atoms with Crippen molar-refractivity contribution < 1.29 is 52.7 Å². The molecule has 16 N–H and O–H groups in total. The SMILES string of the molecule is CC[C@H](C)[C@@H]1NC(=O)[C@H](Cc2ccccc2)NC(=O)[C@@H](N)CSSC[C@@H](C(=O)N2CCC[C@H]2C(=O)N[C@@H](CCCN)C(=O)NCC(N)=O)NC(=O)[C@H](CC(N)=O)NC(=O)[C@H](CCC(=O)NCC(C)C)NC1=O. The van der Waals surface area contributed by atoms with Gasteiger partial charge in [0.2, 0.25) is 65.0 Å². The molecule has 0 radical (unpaired) electrons. The van der Waals surface area contributed by atoms with Crippen molar-refractivity contribution in [2.45, 2.75) is 134 Å². The minimum Gasteiger partial charge on any atom is -0.370 e. The van der Waals surface area contributed by atoms with Gasteiger partial charge in [0.1, 0.15) is 42.3 Å². The summed E-state index contributed by atoms with van der Waals surface area (Å²) in [6.45, 7) is 7.32. The van der Waals surface area contributed by atoms with Crippen molar-refractivity contribution in [1.82, 2.24) is 47.4 Å². The predicted molar refractivity (Wildman–Crippen MR) is 270 cm³/mol. The molecule has 2 fully saturated rings. The lowest BCUT2D eigenvalue weighted by molar-refractivity contribution is -0.142. The fourth-order valence-electron chi connectivity index (χ4n) is 7.61. The zero-order valence-electron chi connectivity index (χ0n) is 41.3. The van der Waals surface area contributed by atoms with Crippen LogP contribution in [-0.2, 0) is 59.2 Å². The highest BCUT2D eigenvalue weighted by Crippen LogP contribution is 2.26. The van der Waals surface area contributed by atoms with Crippen LogP contribution in [0, 0.1) is 11.8 Å². The van der Waals surface area contributed by atoms with Crippen molar-refractivity contribution in [2.75, 3.05) is 37.7 Å². The number of nitrogens with one attached hydrogen (secondary N) is 8. The lowest BCUT2D eigenvalue weighted by Gasteiger charge is -2.31. The third kappa shape index (κ3) is 20.3. The van der Waals surface area contributed by atoms with E-state index in [4.69, 9.17) is 22.9 Å². The molecule has 0 aliphatic carbocycles. The maximum atomic E-state index is 14.6. The molecule has 0 unspecified atom stereocenters. The summed E-state index contributed by atoms with van der Waals surface area (Å²) in [5.74, 6) is -9.44. The van der Waals surface area contributed by atoms with Gasteiger partial charge in [-0.25, -0.2) is 0 Å². The highest BCUT2D eigenvalue weighted by atomic mass is 33.1. The van der Waals surface area contributed by atoms with Gasteiger partial charge in [-0.1, -0.05) is 86.0 Å². The Morgan fingerprint density at radius 2 is 1.43 bits per heavy atom. The Hall–Kier alpha value is -5.99. The van der Waals surface area contributed by atoms with Crippen LogP contribution in [0.5, 0.6) is 0 Å². The normalized spacial score (nSPS) is 23.7. The van der Waals surface area contributed by atoms with Gasteiger partial charge < -0.3 is 70.4 Å². The van der Waals surface area contributed by atoms with Crippen LogP contribution in [0.25, 0.3) is 0 Å². The largest absolute Gasteiger partial charge is 0.370 e. The summed E-state index contributed by atoms with van der Waals surface area (Å²) >= 11 is 0. The molecule has 3 rings (SSSR count). The molecule has 2 aliphatic rings. The molecule has 26 heteroatoms. The molecule has 2 heterocycles. The maximum Gasteiger partial charge on any atom is 0.246 e. The standard InChI is InChI=1S/C46H73N13O11S2/c1-5-26(4)38-45(69)54-30(15-16-37(62)51-21-25(2)3)41(65)56-32(20-35(49)60)42(66)57-33(24-72-71-23-28(48)39(63)55-31(43(67)58-38)19-27-11-7-6-8-12-27)46(70)59-18-10-14-34(59)44(68)53-29(13-9-17-47)40(64)52-22-36(50)61/h6-8,11-12,25-26,28-34,38H,5,9-10,13-24,47-48H2,1-4H3,(H2,49,60)(H2,50,61)(H,51,62)(H,52,64)(H,53,68)(H,54,69)(H,55,63)(H,56,65)(H,57,66)(H,58,67)/t26-,28-,29-,30-,31-,32-,33-,34-,38-/m0/s1. The average Bonchev–Trinajstić information content (AvgIpc) is 3.84. The summed E-state index contributed by atoms with van der Waals surface area (Å²) in [6, 6.07) is -1.87. The van der Waals surface area contributed by atoms with Crippen LogP contribution in [-0.4, -0.2) is 156 Å². The van der Waals surface area contributed by atoms with E-state index in [1.165, 1.54) is 4.90 Å². The van der Waals surface area contributed by atoms with Crippen LogP contribution < -0.4 is 65.5 Å². The molecule has 0 bridgehead atoms. The van der Waals surface area contributed by atoms with Crippen molar-refractivity contribution in [3.63, 3.8) is 0 Å². The lowest BCUT2D eigenvalue weighted by atomic mass is 9.96. The Morgan fingerprint density at radius 1 is 0.792 bits per heavy atom. The van der Waals surface area contributed by atoms with Gasteiger partial charge >= 0.3 is 0 Å². The monoisotopic (exact) mass is 1050 g/mol. The number of nitrogens with two attached hydrogens (primary N) is 4. The van der Waals surface area contributed by atoms with Gasteiger partial charge in [0.25, 0.3) is 0 Å². The predicted octanol–water partition coefficient (Wildman–Crippen LogP) is -3.33. The Labute approximate surface area is 427 Å². The van der Waals surface area contributed by atoms with Gasteiger partial charge in [0.15, 0.2) is 0 Å². The molecule has 9 atom stereocenters. The summed E-state index contributed by atoms with van der Waals surface area (Å²) in [6.07, 6.45) is -0.0262. The number of likely N-dealkylation sites (tertiary alicyclic amines) is 1. The molecule has 0 aromatic heterocycles. The highest BCUT2D eigenvalue weighted by Gasteiger charge is 2.41. The number of hydrogen-bond acceptors (Lipinski definition) is 15. The average molecular weight is 1050 g/mol. The summed E-state index contributed by atoms with van der Waals surface area (Å²) in [5, 5.41) is 20.9. The third-order valence-electron chi connectivity index (χ3n) is 11.9. The molecule has 72 heavy (non-hydrogen) atoms. The summed E-state index contributed by atoms with van der Waals surface area (Å²) < 4.78 is 0. The van der Waals surface area contributed by atoms with E-state index in [1.807, 2.05) is 13.8 Å². The topological polar surface area (TPSA) is 391 Å². The number of nitrogens with zero attached hydrogens (tertiary/aromatic N) is 1. The molecule has 1 aromatic rings. The van der Waals surface area contributed by atoms with Gasteiger partial charge in [0, 0.05) is 37.4 Å². The van der Waals surface area contributed by atoms with Crippen molar-refractivity contribution >= 4 is 86.6 Å². The van der Waals surface area contributed by atoms with Crippen LogP contribution >= 0.6 is 21.6 Å². The second-order valence-corrected chi connectivity index (χ2v) is 20.8. The molecule has 2 saturated heterocycles. The van der Waals surface area contributed by atoms with Crippen LogP contribution in [0.1, 0.15) is 84.6 Å². The van der Waals surface area contributed by atoms with Gasteiger partial charge in [-0.3, -0.25) is 52.7 Å². The van der Waals surface area contributed by atoms with Crippen molar-refractivity contribution in [3.8, 4) is 0 Å². The van der Waals surface area contributed by atoms with Crippen molar-refractivity contribution in [2.24, 2.45) is 34.8 Å². The first-order valence-corrected chi connectivity index (χ1v) is 26.6. The van der Waals surface area contributed by atoms with E-state index >= 15 is 0 Å². The Kier molecular flexibility index (Phi) is 25.8. The van der Waals surface area contributed by atoms with E-state index in [0.29, 0.717) is 31.4 Å². The second kappa shape index (κ2) is 30.8. The van der Waals surface area contributed by atoms with Gasteiger partial charge in [-0.05, 0) is 56.0 Å². The fraction of sp³-hybridized carbons (Fsp3) is 0.630. The van der Waals surface area contributed by atoms with E-state index in [9.17, 15) is 52.7 Å². The number of rotatable bonds is 20. The fourth-order valence-corrected chi connectivity index (χ4v) is 9.89. The molecule has 1 aromatic carbocycles. The van der Waals surface area contributed by atoms with E-state index in [1.54, 1.807) is 44.2 Å². The highest BCUT2D eigenvalue weighted by molar-refractivity contribution is 8.76. The van der Waals surface area contributed by atoms with Crippen molar-refractivity contribution in [1.29, 1.82) is 0 Å². The minimum absolute atomic E-state index is 0.00942. The van der Waals surface area contributed by atoms with E-state index < -0.39 is 132 Å². The summed E-state index contributed by atoms with van der Waals surface area (Å²) in [4.78, 5) is 150. The number of amides is 11. The molecule has 0 spiro atoms. The van der Waals surface area contributed by atoms with Crippen LogP contribution in [0.2, 0.25) is 0 Å². The number of benzene rings is 1. The molecule has 400 valence electrons. The third-order valence-corrected chi connectivity index (χ3v) is 14.3. The van der Waals surface area contributed by atoms with Gasteiger partial charge in [-0.15, -0.1) is 0 Å². The summed E-state index contributed by atoms with van der Waals surface area (Å²) in [5.41, 5.74) is 23.5. The van der Waals surface area contributed by atoms with Gasteiger partial charge in [0.05, 0.1) is 19.0 Å². The van der Waals surface area contributed by atoms with E-state index in [2.05, 4.69) is 42.5 Å². The molecule has 11 amide bonds. The quantitative estimate of drug-likeness (QED) is 0.0569. The Balaban J connectivity index is 2.07. The first-order valence-electron chi connectivity index (χ1n) is 24.1.